The van der Waals surface area contributed by atoms with E-state index in [0.717, 1.165) is 5.56 Å². The summed E-state index contributed by atoms with van der Waals surface area (Å²) in [5.41, 5.74) is 7.19. The van der Waals surface area contributed by atoms with Crippen LogP contribution in [0.15, 0.2) is 46.7 Å². The molecule has 1 aromatic carbocycles. The second kappa shape index (κ2) is 14.0. The van der Waals surface area contributed by atoms with Crippen LogP contribution >= 0.6 is 7.81 Å². The van der Waals surface area contributed by atoms with Gasteiger partial charge in [0.25, 0.3) is 0 Å². The average molecular weight is 646 g/mol. The van der Waals surface area contributed by atoms with E-state index >= 15 is 0 Å². The van der Waals surface area contributed by atoms with Crippen LogP contribution in [-0.4, -0.2) is 60.4 Å². The summed E-state index contributed by atoms with van der Waals surface area (Å²) in [5.74, 6) is 0.476. The van der Waals surface area contributed by atoms with Gasteiger partial charge in [-0.25, -0.2) is 4.79 Å². The van der Waals surface area contributed by atoms with Gasteiger partial charge in [-0.3, -0.25) is 25.8 Å². The molecule has 0 radical (unpaired) electrons. The molecule has 0 aliphatic heterocycles. The van der Waals surface area contributed by atoms with Crippen molar-refractivity contribution in [1.29, 1.82) is 0 Å². The number of rotatable bonds is 10. The summed E-state index contributed by atoms with van der Waals surface area (Å²) >= 11 is 0. The number of aliphatic hydroxyl groups excluding tert-OH is 1. The van der Waals surface area contributed by atoms with Gasteiger partial charge < -0.3 is 15.2 Å². The predicted molar refractivity (Wildman–Crippen MR) is 156 cm³/mol. The van der Waals surface area contributed by atoms with E-state index in [4.69, 9.17) is 15.5 Å². The van der Waals surface area contributed by atoms with Crippen molar-refractivity contribution in [3.05, 3.63) is 47.2 Å². The van der Waals surface area contributed by atoms with Crippen molar-refractivity contribution in [3.63, 3.8) is 0 Å². The number of nitrogens with one attached hydrogen (secondary N) is 3. The number of halogens is 6. The summed E-state index contributed by atoms with van der Waals surface area (Å²) in [5, 5.41) is 16.3. The maximum absolute atomic E-state index is 12.9. The molecule has 0 heterocycles. The Labute approximate surface area is 247 Å². The predicted octanol–water partition coefficient (Wildman–Crippen LogP) is 5.15. The van der Waals surface area contributed by atoms with E-state index < -0.39 is 19.5 Å². The van der Waals surface area contributed by atoms with E-state index in [1.54, 1.807) is 0 Å². The number of guanidine groups is 1. The van der Waals surface area contributed by atoms with Gasteiger partial charge in [-0.05, 0) is 38.2 Å². The standard InChI is InChI=1S/C27H41N5O4.F6P/c1-26(2,3)36-25(35)32-15-14-31-24(28)30-13-9-12-29-20(16-19-10-7-6-8-11-19)23-21(33)17-27(4,5)18-22(23)34;1-7(2,3,4,5)6/h6-8,10-11,33H,9,12-18H2,1-5H3,(H,32,35)(H3,28,30,31);/q;-1/p+1. The molecule has 0 unspecified atom stereocenters. The maximum atomic E-state index is 12.9. The minimum atomic E-state index is -10.7. The minimum absolute atomic E-state index is 0.0571. The van der Waals surface area contributed by atoms with Crippen molar-refractivity contribution in [3.8, 4) is 0 Å². The summed E-state index contributed by atoms with van der Waals surface area (Å²) < 4.78 is 64.4. The summed E-state index contributed by atoms with van der Waals surface area (Å²) in [6.45, 7) is 11.3. The van der Waals surface area contributed by atoms with Crippen molar-refractivity contribution in [2.45, 2.75) is 65.9 Å². The molecular formula is C27H42F6N5O4P. The number of allylic oxidation sites excluding steroid dienone is 2. The first kappa shape index (κ1) is 37.7. The van der Waals surface area contributed by atoms with E-state index in [1.807, 2.05) is 65.0 Å². The Hall–Kier alpha value is -3.35. The number of hydrogen-bond acceptors (Lipinski definition) is 5. The van der Waals surface area contributed by atoms with Crippen LogP contribution in [0.1, 0.15) is 59.4 Å². The SMILES string of the molecule is CC1(C)CC(=O)C(C(Cc2ccccc2)=NCCC[NH+]=C(N)NCCNC(=O)OC(C)(C)C)=C(O)C1.F[P-](F)(F)(F)(F)F. The molecule has 9 nitrogen and oxygen atoms in total. The van der Waals surface area contributed by atoms with Crippen LogP contribution in [0.4, 0.5) is 30.0 Å². The molecular weight excluding hydrogens is 603 g/mol. The normalized spacial score (nSPS) is 17.7. The van der Waals surface area contributed by atoms with Crippen LogP contribution in [0.2, 0.25) is 0 Å². The molecule has 0 aromatic heterocycles. The molecule has 1 amide bonds. The van der Waals surface area contributed by atoms with Crippen LogP contribution in [0.3, 0.4) is 0 Å². The molecule has 16 heteroatoms. The third-order valence-corrected chi connectivity index (χ3v) is 5.42. The van der Waals surface area contributed by atoms with Crippen LogP contribution in [0.5, 0.6) is 0 Å². The summed E-state index contributed by atoms with van der Waals surface area (Å²) in [7, 11) is -10.7. The van der Waals surface area contributed by atoms with E-state index in [0.29, 0.717) is 69.1 Å². The molecule has 0 saturated carbocycles. The van der Waals surface area contributed by atoms with Gasteiger partial charge in [-0.1, -0.05) is 44.2 Å². The number of benzene rings is 1. The van der Waals surface area contributed by atoms with Crippen molar-refractivity contribution in [2.24, 2.45) is 16.1 Å². The van der Waals surface area contributed by atoms with E-state index in [-0.39, 0.29) is 17.0 Å². The quantitative estimate of drug-likeness (QED) is 0.0784. The molecule has 0 fully saturated rings. The number of alkyl carbamates (subject to hydrolysis) is 1. The Bertz CT molecular complexity index is 1200. The number of nitrogens with two attached hydrogens (primary N) is 1. The number of amides is 1. The number of Topliss-reactive ketones (excluding diaryl/α,β-unsaturated/α-hetero) is 1. The number of ether oxygens (including phenoxy) is 1. The Morgan fingerprint density at radius 2 is 1.63 bits per heavy atom. The van der Waals surface area contributed by atoms with Crippen LogP contribution in [0, 0.1) is 5.41 Å². The summed E-state index contributed by atoms with van der Waals surface area (Å²) in [4.78, 5) is 32.3. The Morgan fingerprint density at radius 1 is 1.07 bits per heavy atom. The number of carbonyl (C=O) groups is 2. The first-order valence-corrected chi connectivity index (χ1v) is 15.5. The molecule has 1 aliphatic carbocycles. The third kappa shape index (κ3) is 20.2. The van der Waals surface area contributed by atoms with Gasteiger partial charge in [0.15, 0.2) is 5.78 Å². The topological polar surface area (TPSA) is 140 Å². The summed E-state index contributed by atoms with van der Waals surface area (Å²) in [6, 6.07) is 9.83. The van der Waals surface area contributed by atoms with Crippen molar-refractivity contribution in [1.82, 2.24) is 10.6 Å². The third-order valence-electron chi connectivity index (χ3n) is 5.42. The Kier molecular flexibility index (Phi) is 12.2. The van der Waals surface area contributed by atoms with Gasteiger partial charge >= 0.3 is 45.0 Å². The molecule has 1 aliphatic rings. The molecule has 6 N–H and O–H groups in total. The fourth-order valence-corrected chi connectivity index (χ4v) is 3.88. The zero-order valence-electron chi connectivity index (χ0n) is 25.0. The van der Waals surface area contributed by atoms with Gasteiger partial charge in [0.1, 0.15) is 11.4 Å². The van der Waals surface area contributed by atoms with Crippen molar-refractivity contribution >= 4 is 31.4 Å². The van der Waals surface area contributed by atoms with Gasteiger partial charge in [-0.2, -0.15) is 0 Å². The van der Waals surface area contributed by atoms with Gasteiger partial charge in [0.05, 0.1) is 30.9 Å². The molecule has 0 bridgehead atoms. The first-order valence-electron chi connectivity index (χ1n) is 13.5. The zero-order valence-corrected chi connectivity index (χ0v) is 25.8. The number of carbonyl (C=O) groups excluding carboxylic acids is 2. The fraction of sp³-hybridized carbons (Fsp3) is 0.556. The van der Waals surface area contributed by atoms with Crippen molar-refractivity contribution < 1.29 is 49.6 Å². The average Bonchev–Trinajstić information content (AvgIpc) is 2.77. The van der Waals surface area contributed by atoms with Crippen molar-refractivity contribution in [2.75, 3.05) is 26.2 Å². The molecule has 0 saturated heterocycles. The number of ketones is 1. The molecule has 0 spiro atoms. The van der Waals surface area contributed by atoms with Crippen LogP contribution in [-0.2, 0) is 16.0 Å². The fourth-order valence-electron chi connectivity index (χ4n) is 3.88. The second-order valence-electron chi connectivity index (χ2n) is 11.8. The number of hydrogen-bond donors (Lipinski definition) is 5. The number of nitrogens with zero attached hydrogens (tertiary/aromatic N) is 1. The first-order chi connectivity index (χ1) is 19.3. The zero-order chi connectivity index (χ0) is 33.2. The monoisotopic (exact) mass is 645 g/mol. The van der Waals surface area contributed by atoms with Crippen LogP contribution in [0.25, 0.3) is 0 Å². The molecule has 43 heavy (non-hydrogen) atoms. The van der Waals surface area contributed by atoms with E-state index in [1.165, 1.54) is 0 Å². The number of aliphatic imine (C=N–C) groups is 1. The molecule has 0 atom stereocenters. The van der Waals surface area contributed by atoms with Gasteiger partial charge in [0, 0.05) is 25.8 Å². The van der Waals surface area contributed by atoms with Gasteiger partial charge in [-0.15, -0.1) is 0 Å². The van der Waals surface area contributed by atoms with E-state index in [2.05, 4.69) is 15.6 Å². The van der Waals surface area contributed by atoms with Crippen LogP contribution < -0.4 is 21.4 Å². The second-order valence-corrected chi connectivity index (χ2v) is 13.7. The number of aliphatic hydroxyl groups is 1. The Morgan fingerprint density at radius 3 is 2.16 bits per heavy atom. The Balaban J connectivity index is 0.00000117. The summed E-state index contributed by atoms with van der Waals surface area (Å²) in [6.07, 6.45) is 1.55. The van der Waals surface area contributed by atoms with E-state index in [9.17, 15) is 39.9 Å². The molecule has 2 rings (SSSR count). The molecule has 246 valence electrons. The molecule has 1 aromatic rings. The van der Waals surface area contributed by atoms with Gasteiger partial charge in [0.2, 0.25) is 0 Å².